The van der Waals surface area contributed by atoms with E-state index in [9.17, 15) is 9.90 Å². The van der Waals surface area contributed by atoms with E-state index in [1.54, 1.807) is 6.08 Å². The quantitative estimate of drug-likeness (QED) is 0.711. The third kappa shape index (κ3) is 2.74. The molecule has 1 N–H and O–H groups in total. The van der Waals surface area contributed by atoms with E-state index >= 15 is 0 Å². The molecule has 0 radical (unpaired) electrons. The summed E-state index contributed by atoms with van der Waals surface area (Å²) in [5, 5.41) is 9.86. The Labute approximate surface area is 95.0 Å². The van der Waals surface area contributed by atoms with Crippen molar-refractivity contribution in [3.8, 4) is 0 Å². The summed E-state index contributed by atoms with van der Waals surface area (Å²) in [4.78, 5) is 11.4. The highest BCUT2D eigenvalue weighted by atomic mass is 16.5. The Morgan fingerprint density at radius 1 is 1.56 bits per heavy atom. The highest BCUT2D eigenvalue weighted by molar-refractivity contribution is 5.74. The number of carbonyl (C=O) groups is 1. The van der Waals surface area contributed by atoms with Crippen molar-refractivity contribution in [3.05, 3.63) is 11.8 Å². The molecule has 1 aliphatic carbocycles. The predicted molar refractivity (Wildman–Crippen MR) is 56.6 cm³/mol. The third-order valence-corrected chi connectivity index (χ3v) is 2.58. The summed E-state index contributed by atoms with van der Waals surface area (Å²) in [7, 11) is 2.81. The van der Waals surface area contributed by atoms with Crippen molar-refractivity contribution in [1.29, 1.82) is 0 Å². The third-order valence-electron chi connectivity index (χ3n) is 2.58. The number of methoxy groups -OCH3 is 2. The summed E-state index contributed by atoms with van der Waals surface area (Å²) in [6, 6.07) is 0. The van der Waals surface area contributed by atoms with Crippen molar-refractivity contribution >= 4 is 5.97 Å². The van der Waals surface area contributed by atoms with E-state index in [0.29, 0.717) is 18.8 Å². The van der Waals surface area contributed by atoms with E-state index in [0.717, 1.165) is 0 Å². The van der Waals surface area contributed by atoms with Crippen molar-refractivity contribution in [1.82, 2.24) is 0 Å². The van der Waals surface area contributed by atoms with Crippen LogP contribution in [-0.4, -0.2) is 44.1 Å². The molecular weight excluding hydrogens is 212 g/mol. The first-order chi connectivity index (χ1) is 7.63. The minimum atomic E-state index is -0.746. The molecule has 0 aromatic rings. The molecule has 0 saturated heterocycles. The van der Waals surface area contributed by atoms with Crippen LogP contribution in [0.2, 0.25) is 0 Å². The molecule has 5 nitrogen and oxygen atoms in total. The maximum Gasteiger partial charge on any atom is 0.312 e. The molecule has 0 amide bonds. The van der Waals surface area contributed by atoms with Gasteiger partial charge in [-0.1, -0.05) is 0 Å². The van der Waals surface area contributed by atoms with Crippen LogP contribution in [0.4, 0.5) is 0 Å². The SMILES string of the molecule is CCOC1C(OC)=CC(C(=O)OC)CC1O. The number of ether oxygens (including phenoxy) is 3. The van der Waals surface area contributed by atoms with Gasteiger partial charge in [-0.3, -0.25) is 4.79 Å². The van der Waals surface area contributed by atoms with Crippen molar-refractivity contribution in [2.45, 2.75) is 25.6 Å². The highest BCUT2D eigenvalue weighted by Crippen LogP contribution is 2.27. The van der Waals surface area contributed by atoms with Gasteiger partial charge in [-0.15, -0.1) is 0 Å². The molecule has 0 aromatic carbocycles. The zero-order chi connectivity index (χ0) is 12.1. The number of hydrogen-bond donors (Lipinski definition) is 1. The van der Waals surface area contributed by atoms with Gasteiger partial charge < -0.3 is 19.3 Å². The molecule has 0 fully saturated rings. The lowest BCUT2D eigenvalue weighted by atomic mass is 9.90. The van der Waals surface area contributed by atoms with Crippen molar-refractivity contribution < 1.29 is 24.1 Å². The van der Waals surface area contributed by atoms with Crippen LogP contribution in [0.5, 0.6) is 0 Å². The second kappa shape index (κ2) is 5.86. The molecule has 0 aliphatic heterocycles. The van der Waals surface area contributed by atoms with E-state index < -0.39 is 18.1 Å². The summed E-state index contributed by atoms with van der Waals surface area (Å²) in [5.41, 5.74) is 0. The van der Waals surface area contributed by atoms with Crippen molar-refractivity contribution in [3.63, 3.8) is 0 Å². The Morgan fingerprint density at radius 3 is 2.75 bits per heavy atom. The van der Waals surface area contributed by atoms with Gasteiger partial charge in [-0.25, -0.2) is 0 Å². The molecule has 0 heterocycles. The van der Waals surface area contributed by atoms with Gasteiger partial charge in [0.2, 0.25) is 0 Å². The minimum Gasteiger partial charge on any atom is -0.499 e. The largest absolute Gasteiger partial charge is 0.499 e. The Hall–Kier alpha value is -1.07. The summed E-state index contributed by atoms with van der Waals surface area (Å²) in [5.74, 6) is -0.355. The van der Waals surface area contributed by atoms with E-state index in [1.807, 2.05) is 6.92 Å². The molecule has 5 heteroatoms. The van der Waals surface area contributed by atoms with Crippen LogP contribution in [0, 0.1) is 5.92 Å². The van der Waals surface area contributed by atoms with Crippen molar-refractivity contribution in [2.24, 2.45) is 5.92 Å². The van der Waals surface area contributed by atoms with Gasteiger partial charge >= 0.3 is 5.97 Å². The Bertz CT molecular complexity index is 274. The fourth-order valence-electron chi connectivity index (χ4n) is 1.81. The maximum atomic E-state index is 11.4. The smallest absolute Gasteiger partial charge is 0.312 e. The van der Waals surface area contributed by atoms with Gasteiger partial charge in [0.05, 0.1) is 26.2 Å². The zero-order valence-corrected chi connectivity index (χ0v) is 9.80. The predicted octanol–water partition coefficient (Wildman–Crippen LogP) is 0.476. The average molecular weight is 230 g/mol. The number of hydrogen-bond acceptors (Lipinski definition) is 5. The van der Waals surface area contributed by atoms with Gasteiger partial charge in [-0.05, 0) is 19.4 Å². The molecule has 3 unspecified atom stereocenters. The summed E-state index contributed by atoms with van der Waals surface area (Å²) in [6.45, 7) is 2.32. The minimum absolute atomic E-state index is 0.296. The normalized spacial score (nSPS) is 29.5. The molecule has 0 bridgehead atoms. The molecule has 0 aromatic heterocycles. The molecule has 0 saturated carbocycles. The topological polar surface area (TPSA) is 65.0 Å². The van der Waals surface area contributed by atoms with Crippen molar-refractivity contribution in [2.75, 3.05) is 20.8 Å². The Kier molecular flexibility index (Phi) is 4.76. The second-order valence-electron chi connectivity index (χ2n) is 3.58. The van der Waals surface area contributed by atoms with E-state index in [4.69, 9.17) is 9.47 Å². The fourth-order valence-corrected chi connectivity index (χ4v) is 1.81. The average Bonchev–Trinajstić information content (AvgIpc) is 2.30. The molecule has 92 valence electrons. The Balaban J connectivity index is 2.83. The first-order valence-electron chi connectivity index (χ1n) is 5.27. The number of carbonyl (C=O) groups excluding carboxylic acids is 1. The standard InChI is InChI=1S/C11H18O5/c1-4-16-10-8(12)5-7(11(13)15-3)6-9(10)14-2/h6-8,10,12H,4-5H2,1-3H3. The van der Waals surface area contributed by atoms with Gasteiger partial charge in [-0.2, -0.15) is 0 Å². The summed E-state index contributed by atoms with van der Waals surface area (Å²) < 4.78 is 15.1. The first kappa shape index (κ1) is 13.0. The number of esters is 1. The lowest BCUT2D eigenvalue weighted by Crippen LogP contribution is -2.39. The van der Waals surface area contributed by atoms with Gasteiger partial charge in [0, 0.05) is 6.61 Å². The molecule has 1 rings (SSSR count). The zero-order valence-electron chi connectivity index (χ0n) is 9.80. The lowest BCUT2D eigenvalue weighted by molar-refractivity contribution is -0.146. The summed E-state index contributed by atoms with van der Waals surface area (Å²) >= 11 is 0. The summed E-state index contributed by atoms with van der Waals surface area (Å²) in [6.07, 6.45) is 0.711. The van der Waals surface area contributed by atoms with Crippen LogP contribution in [0.25, 0.3) is 0 Å². The molecular formula is C11H18O5. The molecule has 16 heavy (non-hydrogen) atoms. The van der Waals surface area contributed by atoms with Crippen LogP contribution in [-0.2, 0) is 19.0 Å². The lowest BCUT2D eigenvalue weighted by Gasteiger charge is -2.30. The van der Waals surface area contributed by atoms with Crippen LogP contribution < -0.4 is 0 Å². The van der Waals surface area contributed by atoms with Crippen LogP contribution in [0.15, 0.2) is 11.8 Å². The number of aliphatic hydroxyl groups is 1. The molecule has 3 atom stereocenters. The van der Waals surface area contributed by atoms with Crippen LogP contribution in [0.1, 0.15) is 13.3 Å². The van der Waals surface area contributed by atoms with E-state index in [1.165, 1.54) is 14.2 Å². The molecule has 1 aliphatic rings. The van der Waals surface area contributed by atoms with E-state index in [-0.39, 0.29) is 5.97 Å². The van der Waals surface area contributed by atoms with Crippen LogP contribution >= 0.6 is 0 Å². The fraction of sp³-hybridized carbons (Fsp3) is 0.727. The number of aliphatic hydroxyl groups excluding tert-OH is 1. The van der Waals surface area contributed by atoms with Gasteiger partial charge in [0.15, 0.2) is 0 Å². The highest BCUT2D eigenvalue weighted by Gasteiger charge is 2.35. The van der Waals surface area contributed by atoms with Gasteiger partial charge in [0.1, 0.15) is 11.9 Å². The van der Waals surface area contributed by atoms with E-state index in [2.05, 4.69) is 4.74 Å². The maximum absolute atomic E-state index is 11.4. The molecule has 0 spiro atoms. The van der Waals surface area contributed by atoms with Crippen LogP contribution in [0.3, 0.4) is 0 Å². The Morgan fingerprint density at radius 2 is 2.25 bits per heavy atom. The number of rotatable bonds is 4. The second-order valence-corrected chi connectivity index (χ2v) is 3.58. The van der Waals surface area contributed by atoms with Gasteiger partial charge in [0.25, 0.3) is 0 Å². The first-order valence-corrected chi connectivity index (χ1v) is 5.27. The monoisotopic (exact) mass is 230 g/mol.